The summed E-state index contributed by atoms with van der Waals surface area (Å²) in [5.41, 5.74) is 1.25. The van der Waals surface area contributed by atoms with E-state index in [0.717, 1.165) is 6.54 Å². The molecular formula is C13H15ClN4O. The van der Waals surface area contributed by atoms with Crippen LogP contribution in [0.5, 0.6) is 0 Å². The summed E-state index contributed by atoms with van der Waals surface area (Å²) in [6.45, 7) is 3.06. The number of halogens is 1. The zero-order chi connectivity index (χ0) is 13.7. The van der Waals surface area contributed by atoms with E-state index in [1.54, 1.807) is 19.2 Å². The van der Waals surface area contributed by atoms with Crippen LogP contribution in [0.4, 0.5) is 10.5 Å². The Morgan fingerprint density at radius 2 is 2.16 bits per heavy atom. The molecule has 2 aromatic heterocycles. The minimum absolute atomic E-state index is 0.278. The van der Waals surface area contributed by atoms with E-state index in [-0.39, 0.29) is 6.03 Å². The third-order valence-corrected chi connectivity index (χ3v) is 3.11. The van der Waals surface area contributed by atoms with Crippen molar-refractivity contribution in [3.8, 4) is 0 Å². The van der Waals surface area contributed by atoms with Gasteiger partial charge in [0.1, 0.15) is 0 Å². The number of rotatable bonds is 4. The summed E-state index contributed by atoms with van der Waals surface area (Å²) in [5.74, 6) is 0. The van der Waals surface area contributed by atoms with Crippen molar-refractivity contribution >= 4 is 23.3 Å². The molecule has 6 heteroatoms. The van der Waals surface area contributed by atoms with Gasteiger partial charge in [-0.2, -0.15) is 0 Å². The van der Waals surface area contributed by atoms with E-state index in [2.05, 4.69) is 15.6 Å². The van der Waals surface area contributed by atoms with Crippen molar-refractivity contribution in [2.75, 3.05) is 11.9 Å². The Hall–Kier alpha value is -2.01. The van der Waals surface area contributed by atoms with E-state index < -0.39 is 0 Å². The van der Waals surface area contributed by atoms with E-state index in [1.807, 2.05) is 29.1 Å². The smallest absolute Gasteiger partial charge is 0.319 e. The summed E-state index contributed by atoms with van der Waals surface area (Å²) in [4.78, 5) is 15.7. The van der Waals surface area contributed by atoms with Crippen molar-refractivity contribution in [2.24, 2.45) is 0 Å². The summed E-state index contributed by atoms with van der Waals surface area (Å²) in [6, 6.07) is 5.28. The molecule has 0 aromatic carbocycles. The number of anilines is 1. The first-order valence-electron chi connectivity index (χ1n) is 5.93. The number of urea groups is 1. The first-order chi connectivity index (χ1) is 9.16. The molecule has 5 nitrogen and oxygen atoms in total. The van der Waals surface area contributed by atoms with Crippen molar-refractivity contribution in [3.05, 3.63) is 47.5 Å². The summed E-state index contributed by atoms with van der Waals surface area (Å²) in [5, 5.41) is 5.93. The van der Waals surface area contributed by atoms with Gasteiger partial charge in [0.25, 0.3) is 0 Å². The summed E-state index contributed by atoms with van der Waals surface area (Å²) >= 11 is 6.04. The van der Waals surface area contributed by atoms with Gasteiger partial charge in [-0.1, -0.05) is 11.6 Å². The second-order valence-electron chi connectivity index (χ2n) is 4.06. The van der Waals surface area contributed by atoms with Gasteiger partial charge in [0.2, 0.25) is 0 Å². The first kappa shape index (κ1) is 13.4. The van der Waals surface area contributed by atoms with Gasteiger partial charge in [-0.3, -0.25) is 4.98 Å². The number of carbonyl (C=O) groups is 1. The molecule has 0 atom stereocenters. The number of aryl methyl sites for hydroxylation is 1. The standard InChI is InChI=1S/C13H15ClN4O/c1-10-12(14)11(4-5-15-10)17-13(19)16-6-9-18-7-2-3-8-18/h2-5,7-8H,6,9H2,1H3,(H2,15,16,17,19). The summed E-state index contributed by atoms with van der Waals surface area (Å²) < 4.78 is 1.99. The molecule has 0 fully saturated rings. The maximum Gasteiger partial charge on any atom is 0.319 e. The van der Waals surface area contributed by atoms with E-state index in [4.69, 9.17) is 11.6 Å². The normalized spacial score (nSPS) is 10.2. The van der Waals surface area contributed by atoms with E-state index in [0.29, 0.717) is 22.9 Å². The van der Waals surface area contributed by atoms with Gasteiger partial charge in [-0.15, -0.1) is 0 Å². The number of nitrogens with one attached hydrogen (secondary N) is 2. The molecule has 2 aromatic rings. The lowest BCUT2D eigenvalue weighted by Crippen LogP contribution is -2.31. The highest BCUT2D eigenvalue weighted by Gasteiger charge is 2.07. The monoisotopic (exact) mass is 278 g/mol. The van der Waals surface area contributed by atoms with Crippen molar-refractivity contribution in [3.63, 3.8) is 0 Å². The molecule has 2 rings (SSSR count). The van der Waals surface area contributed by atoms with Crippen molar-refractivity contribution in [1.82, 2.24) is 14.9 Å². The molecule has 0 unspecified atom stereocenters. The van der Waals surface area contributed by atoms with Crippen molar-refractivity contribution < 1.29 is 4.79 Å². The average Bonchev–Trinajstić information content (AvgIpc) is 2.88. The number of pyridine rings is 1. The lowest BCUT2D eigenvalue weighted by Gasteiger charge is -2.10. The SMILES string of the molecule is Cc1nccc(NC(=O)NCCn2cccc2)c1Cl. The summed E-state index contributed by atoms with van der Waals surface area (Å²) in [7, 11) is 0. The Kier molecular flexibility index (Phi) is 4.41. The van der Waals surface area contributed by atoms with E-state index >= 15 is 0 Å². The van der Waals surface area contributed by atoms with Crippen molar-refractivity contribution in [1.29, 1.82) is 0 Å². The first-order valence-corrected chi connectivity index (χ1v) is 6.31. The average molecular weight is 279 g/mol. The van der Waals surface area contributed by atoms with E-state index in [9.17, 15) is 4.79 Å². The van der Waals surface area contributed by atoms with Gasteiger partial charge in [-0.25, -0.2) is 4.79 Å². The van der Waals surface area contributed by atoms with Crippen LogP contribution in [0, 0.1) is 6.92 Å². The maximum atomic E-state index is 11.7. The third kappa shape index (κ3) is 3.72. The molecule has 0 aliphatic rings. The predicted octanol–water partition coefficient (Wildman–Crippen LogP) is 2.67. The Balaban J connectivity index is 1.82. The molecule has 19 heavy (non-hydrogen) atoms. The van der Waals surface area contributed by atoms with Crippen LogP contribution in [-0.4, -0.2) is 22.1 Å². The predicted molar refractivity (Wildman–Crippen MR) is 75.4 cm³/mol. The molecule has 0 spiro atoms. The van der Waals surface area contributed by atoms with Gasteiger partial charge >= 0.3 is 6.03 Å². The van der Waals surface area contributed by atoms with Crippen LogP contribution in [0.3, 0.4) is 0 Å². The van der Waals surface area contributed by atoms with Crippen LogP contribution in [0.1, 0.15) is 5.69 Å². The number of hydrogen-bond donors (Lipinski definition) is 2. The minimum Gasteiger partial charge on any atom is -0.353 e. The third-order valence-electron chi connectivity index (χ3n) is 2.63. The van der Waals surface area contributed by atoms with Crippen LogP contribution in [0.25, 0.3) is 0 Å². The molecule has 2 heterocycles. The van der Waals surface area contributed by atoms with Crippen LogP contribution in [-0.2, 0) is 6.54 Å². The lowest BCUT2D eigenvalue weighted by molar-refractivity contribution is 0.251. The fraction of sp³-hybridized carbons (Fsp3) is 0.231. The highest BCUT2D eigenvalue weighted by atomic mass is 35.5. The lowest BCUT2D eigenvalue weighted by atomic mass is 10.3. The largest absolute Gasteiger partial charge is 0.353 e. The number of nitrogens with zero attached hydrogens (tertiary/aromatic N) is 2. The molecule has 0 bridgehead atoms. The molecule has 2 N–H and O–H groups in total. The molecule has 0 saturated carbocycles. The Morgan fingerprint density at radius 3 is 2.89 bits per heavy atom. The van der Waals surface area contributed by atoms with Gasteiger partial charge in [-0.05, 0) is 25.1 Å². The van der Waals surface area contributed by atoms with E-state index in [1.165, 1.54) is 0 Å². The van der Waals surface area contributed by atoms with Gasteiger partial charge in [0.15, 0.2) is 0 Å². The zero-order valence-corrected chi connectivity index (χ0v) is 11.3. The van der Waals surface area contributed by atoms with Crippen molar-refractivity contribution in [2.45, 2.75) is 13.5 Å². The van der Waals surface area contributed by atoms with Crippen LogP contribution < -0.4 is 10.6 Å². The Morgan fingerprint density at radius 1 is 1.42 bits per heavy atom. The van der Waals surface area contributed by atoms with Crippen LogP contribution in [0.2, 0.25) is 5.02 Å². The number of hydrogen-bond acceptors (Lipinski definition) is 2. The van der Waals surface area contributed by atoms with Crippen LogP contribution >= 0.6 is 11.6 Å². The molecular weight excluding hydrogens is 264 g/mol. The Bertz CT molecular complexity index is 554. The molecule has 0 saturated heterocycles. The minimum atomic E-state index is -0.278. The number of aromatic nitrogens is 2. The topological polar surface area (TPSA) is 59.0 Å². The fourth-order valence-corrected chi connectivity index (χ4v) is 1.79. The van der Waals surface area contributed by atoms with Crippen LogP contribution in [0.15, 0.2) is 36.8 Å². The second-order valence-corrected chi connectivity index (χ2v) is 4.44. The zero-order valence-electron chi connectivity index (χ0n) is 10.6. The quantitative estimate of drug-likeness (QED) is 0.903. The Labute approximate surface area is 116 Å². The molecule has 0 radical (unpaired) electrons. The molecule has 100 valence electrons. The number of carbonyl (C=O) groups excluding carboxylic acids is 1. The second kappa shape index (κ2) is 6.24. The van der Waals surface area contributed by atoms with Gasteiger partial charge in [0.05, 0.1) is 16.4 Å². The fourth-order valence-electron chi connectivity index (χ4n) is 1.63. The highest BCUT2D eigenvalue weighted by Crippen LogP contribution is 2.22. The highest BCUT2D eigenvalue weighted by molar-refractivity contribution is 6.34. The van der Waals surface area contributed by atoms with Gasteiger partial charge < -0.3 is 15.2 Å². The molecule has 0 aliphatic heterocycles. The molecule has 0 aliphatic carbocycles. The molecule has 2 amide bonds. The maximum absolute atomic E-state index is 11.7. The number of amides is 2. The van der Waals surface area contributed by atoms with Gasteiger partial charge in [0, 0.05) is 31.7 Å². The summed E-state index contributed by atoms with van der Waals surface area (Å²) in [6.07, 6.45) is 5.50.